The Morgan fingerprint density at radius 3 is 0.708 bits per heavy atom. The van der Waals surface area contributed by atoms with Gasteiger partial charge in [0.05, 0.1) is 26.4 Å². The maximum atomic E-state index is 13.1. The summed E-state index contributed by atoms with van der Waals surface area (Å²) in [6.07, 6.45) is 57.5. The molecule has 0 rings (SSSR count). The van der Waals surface area contributed by atoms with Gasteiger partial charge in [0, 0.05) is 25.7 Å². The monoisotopic (exact) mass is 1410 g/mol. The van der Waals surface area contributed by atoms with Crippen molar-refractivity contribution in [3.8, 4) is 0 Å². The van der Waals surface area contributed by atoms with Crippen molar-refractivity contribution in [2.24, 2.45) is 11.8 Å². The number of hydrogen-bond donors (Lipinski definition) is 3. The van der Waals surface area contributed by atoms with Crippen LogP contribution in [0.3, 0.4) is 0 Å². The number of aliphatic hydroxyl groups excluding tert-OH is 1. The number of esters is 4. The molecule has 0 radical (unpaired) electrons. The van der Waals surface area contributed by atoms with Gasteiger partial charge < -0.3 is 33.8 Å². The Kier molecular flexibility index (Phi) is 67.4. The smallest absolute Gasteiger partial charge is 0.462 e. The van der Waals surface area contributed by atoms with Crippen LogP contribution in [0.1, 0.15) is 401 Å². The molecular weight excluding hydrogens is 1260 g/mol. The third kappa shape index (κ3) is 70.5. The fourth-order valence-electron chi connectivity index (χ4n) is 11.8. The lowest BCUT2D eigenvalue weighted by Gasteiger charge is -2.21. The number of phosphoric acid groups is 2. The van der Waals surface area contributed by atoms with Gasteiger partial charge in [-0.2, -0.15) is 0 Å². The molecule has 0 aromatic heterocycles. The number of hydrogen-bond acceptors (Lipinski definition) is 15. The second-order valence-electron chi connectivity index (χ2n) is 28.7. The molecule has 17 nitrogen and oxygen atoms in total. The van der Waals surface area contributed by atoms with Crippen LogP contribution in [0.4, 0.5) is 0 Å². The predicted octanol–water partition coefficient (Wildman–Crippen LogP) is 22.7. The molecule has 570 valence electrons. The molecule has 0 bridgehead atoms. The van der Waals surface area contributed by atoms with Crippen LogP contribution in [0.2, 0.25) is 0 Å². The van der Waals surface area contributed by atoms with Crippen LogP contribution < -0.4 is 0 Å². The van der Waals surface area contributed by atoms with E-state index in [-0.39, 0.29) is 25.7 Å². The number of ether oxygens (including phenoxy) is 4. The molecular formula is C77H150O17P2. The van der Waals surface area contributed by atoms with Crippen molar-refractivity contribution in [2.45, 2.75) is 419 Å². The van der Waals surface area contributed by atoms with E-state index in [1.807, 2.05) is 0 Å². The van der Waals surface area contributed by atoms with Crippen molar-refractivity contribution in [1.82, 2.24) is 0 Å². The number of carbonyl (C=O) groups excluding carboxylic acids is 4. The van der Waals surface area contributed by atoms with Gasteiger partial charge >= 0.3 is 39.5 Å². The van der Waals surface area contributed by atoms with Crippen LogP contribution in [0.15, 0.2) is 0 Å². The summed E-state index contributed by atoms with van der Waals surface area (Å²) in [6.45, 7) is 9.51. The van der Waals surface area contributed by atoms with Gasteiger partial charge in [-0.25, -0.2) is 9.13 Å². The first-order chi connectivity index (χ1) is 46.4. The van der Waals surface area contributed by atoms with Crippen LogP contribution in [-0.2, 0) is 65.4 Å². The molecule has 5 atom stereocenters. The summed E-state index contributed by atoms with van der Waals surface area (Å²) in [5, 5.41) is 10.6. The average Bonchev–Trinajstić information content (AvgIpc) is 1.17. The van der Waals surface area contributed by atoms with Crippen molar-refractivity contribution in [1.29, 1.82) is 0 Å². The number of rotatable bonds is 76. The Labute approximate surface area is 588 Å². The Bertz CT molecular complexity index is 1860. The van der Waals surface area contributed by atoms with E-state index >= 15 is 0 Å². The number of unbranched alkanes of at least 4 members (excludes halogenated alkanes) is 46. The van der Waals surface area contributed by atoms with Crippen LogP contribution in [0, 0.1) is 11.8 Å². The summed E-state index contributed by atoms with van der Waals surface area (Å²) in [5.74, 6) is -0.584. The van der Waals surface area contributed by atoms with Gasteiger partial charge in [0.25, 0.3) is 0 Å². The molecule has 0 fully saturated rings. The van der Waals surface area contributed by atoms with E-state index in [0.29, 0.717) is 25.7 Å². The van der Waals surface area contributed by atoms with Gasteiger partial charge in [0.15, 0.2) is 12.2 Å². The lowest BCUT2D eigenvalue weighted by atomic mass is 10.0. The fourth-order valence-corrected chi connectivity index (χ4v) is 13.4. The van der Waals surface area contributed by atoms with Crippen LogP contribution in [0.5, 0.6) is 0 Å². The van der Waals surface area contributed by atoms with E-state index in [1.54, 1.807) is 0 Å². The van der Waals surface area contributed by atoms with Gasteiger partial charge in [-0.1, -0.05) is 350 Å². The number of aliphatic hydroxyl groups is 1. The van der Waals surface area contributed by atoms with Gasteiger partial charge in [-0.3, -0.25) is 37.3 Å². The molecule has 0 aromatic carbocycles. The molecule has 0 aliphatic carbocycles. The Balaban J connectivity index is 5.11. The van der Waals surface area contributed by atoms with E-state index < -0.39 is 97.5 Å². The molecule has 0 amide bonds. The molecule has 0 heterocycles. The summed E-state index contributed by atoms with van der Waals surface area (Å²) in [6, 6.07) is 0. The fraction of sp³-hybridized carbons (Fsp3) is 0.948. The van der Waals surface area contributed by atoms with E-state index in [2.05, 4.69) is 41.5 Å². The average molecular weight is 1410 g/mol. The van der Waals surface area contributed by atoms with E-state index in [9.17, 15) is 43.2 Å². The van der Waals surface area contributed by atoms with Gasteiger partial charge in [0.2, 0.25) is 0 Å². The second-order valence-corrected chi connectivity index (χ2v) is 31.6. The Morgan fingerprint density at radius 2 is 0.479 bits per heavy atom. The zero-order valence-corrected chi connectivity index (χ0v) is 64.5. The lowest BCUT2D eigenvalue weighted by molar-refractivity contribution is -0.161. The summed E-state index contributed by atoms with van der Waals surface area (Å²) >= 11 is 0. The van der Waals surface area contributed by atoms with Crippen molar-refractivity contribution in [3.63, 3.8) is 0 Å². The summed E-state index contributed by atoms with van der Waals surface area (Å²) in [4.78, 5) is 72.5. The molecule has 96 heavy (non-hydrogen) atoms. The minimum Gasteiger partial charge on any atom is -0.462 e. The van der Waals surface area contributed by atoms with Crippen molar-refractivity contribution < 1.29 is 80.2 Å². The van der Waals surface area contributed by atoms with Crippen LogP contribution in [-0.4, -0.2) is 96.7 Å². The van der Waals surface area contributed by atoms with Gasteiger partial charge in [0.1, 0.15) is 19.3 Å². The maximum Gasteiger partial charge on any atom is 0.472 e. The van der Waals surface area contributed by atoms with E-state index in [1.165, 1.54) is 212 Å². The standard InChI is InChI=1S/C77H150O17P2/c1-7-9-11-13-14-15-16-17-18-19-20-21-22-23-24-25-28-32-38-43-49-55-61-77(82)94-73(66-88-75(80)60-54-48-42-37-31-29-26-27-30-35-40-46-51-57-69(3)4)68-92-96(85,86)90-64-71(78)63-89-95(83,84)91-67-72(65-87-74(79)59-53-45-12-10-8-2)93-76(81)62-56-50-44-39-34-33-36-41-47-52-58-70(5)6/h69-73,78H,7-68H2,1-6H3,(H,83,84)(H,85,86)/t71-,72+,73+/m0/s1. The quantitative estimate of drug-likeness (QED) is 0.0222. The first kappa shape index (κ1) is 94.1. The van der Waals surface area contributed by atoms with Crippen molar-refractivity contribution >= 4 is 39.5 Å². The molecule has 0 aliphatic heterocycles. The third-order valence-corrected chi connectivity index (χ3v) is 19.9. The minimum atomic E-state index is -4.96. The first-order valence-corrected chi connectivity index (χ1v) is 43.0. The number of phosphoric ester groups is 2. The van der Waals surface area contributed by atoms with Gasteiger partial charge in [-0.15, -0.1) is 0 Å². The molecule has 0 aliphatic rings. The highest BCUT2D eigenvalue weighted by atomic mass is 31.2. The van der Waals surface area contributed by atoms with Crippen molar-refractivity contribution in [2.75, 3.05) is 39.6 Å². The van der Waals surface area contributed by atoms with Gasteiger partial charge in [-0.05, 0) is 37.5 Å². The molecule has 19 heteroatoms. The SMILES string of the molecule is CCCCCCCCCCCCCCCCCCCCCCCCC(=O)O[C@H](COC(=O)CCCCCCCCCCCCCCCC(C)C)COP(=O)(O)OC[C@@H](O)COP(=O)(O)OC[C@@H](COC(=O)CCCCCCC)OC(=O)CCCCCCCCCCCCC(C)C. The third-order valence-electron chi connectivity index (χ3n) is 18.0. The highest BCUT2D eigenvalue weighted by molar-refractivity contribution is 7.47. The first-order valence-electron chi connectivity index (χ1n) is 40.0. The predicted molar refractivity (Wildman–Crippen MR) is 391 cm³/mol. The normalized spacial score (nSPS) is 14.0. The topological polar surface area (TPSA) is 237 Å². The molecule has 0 saturated heterocycles. The maximum absolute atomic E-state index is 13.1. The largest absolute Gasteiger partial charge is 0.472 e. The summed E-state index contributed by atoms with van der Waals surface area (Å²) in [5.41, 5.74) is 0. The zero-order chi connectivity index (χ0) is 70.7. The molecule has 0 spiro atoms. The summed E-state index contributed by atoms with van der Waals surface area (Å²) in [7, 11) is -9.90. The van der Waals surface area contributed by atoms with Crippen LogP contribution >= 0.6 is 15.6 Å². The zero-order valence-electron chi connectivity index (χ0n) is 62.7. The molecule has 2 unspecified atom stereocenters. The lowest BCUT2D eigenvalue weighted by Crippen LogP contribution is -2.30. The van der Waals surface area contributed by atoms with E-state index in [4.69, 9.17) is 37.0 Å². The number of carbonyl (C=O) groups is 4. The molecule has 0 saturated carbocycles. The van der Waals surface area contributed by atoms with Crippen LogP contribution in [0.25, 0.3) is 0 Å². The second kappa shape index (κ2) is 68.8. The molecule has 0 aromatic rings. The minimum absolute atomic E-state index is 0.105. The molecule has 3 N–H and O–H groups in total. The van der Waals surface area contributed by atoms with Crippen molar-refractivity contribution in [3.05, 3.63) is 0 Å². The Morgan fingerprint density at radius 1 is 0.281 bits per heavy atom. The Hall–Kier alpha value is -1.94. The summed E-state index contributed by atoms with van der Waals surface area (Å²) < 4.78 is 68.3. The van der Waals surface area contributed by atoms with E-state index in [0.717, 1.165) is 108 Å². The highest BCUT2D eigenvalue weighted by Gasteiger charge is 2.30. The highest BCUT2D eigenvalue weighted by Crippen LogP contribution is 2.45.